The lowest BCUT2D eigenvalue weighted by Gasteiger charge is -2.15. The summed E-state index contributed by atoms with van der Waals surface area (Å²) >= 11 is 6.05. The van der Waals surface area contributed by atoms with Crippen molar-refractivity contribution in [3.63, 3.8) is 0 Å². The van der Waals surface area contributed by atoms with Gasteiger partial charge >= 0.3 is 6.18 Å². The minimum Gasteiger partial charge on any atom is -0.388 e. The number of hydrogen-bond donors (Lipinski definition) is 1. The van der Waals surface area contributed by atoms with Crippen LogP contribution in [0, 0.1) is 5.82 Å². The molecule has 0 unspecified atom stereocenters. The summed E-state index contributed by atoms with van der Waals surface area (Å²) in [4.78, 5) is 12.9. The first-order valence-corrected chi connectivity index (χ1v) is 9.25. The van der Waals surface area contributed by atoms with Crippen LogP contribution in [0.5, 0.6) is 0 Å². The van der Waals surface area contributed by atoms with E-state index in [2.05, 4.69) is 9.98 Å². The van der Waals surface area contributed by atoms with E-state index in [9.17, 15) is 17.6 Å². The van der Waals surface area contributed by atoms with E-state index in [-0.39, 0.29) is 24.6 Å². The summed E-state index contributed by atoms with van der Waals surface area (Å²) in [6.07, 6.45) is -2.33. The molecule has 3 aromatic rings. The van der Waals surface area contributed by atoms with Gasteiger partial charge in [0, 0.05) is 28.7 Å². The second-order valence-corrected chi connectivity index (χ2v) is 7.13. The van der Waals surface area contributed by atoms with Gasteiger partial charge in [0.25, 0.3) is 0 Å². The Hall–Kier alpha value is -2.58. The number of hydrogen-bond acceptors (Lipinski definition) is 3. The van der Waals surface area contributed by atoms with Gasteiger partial charge in [-0.3, -0.25) is 0 Å². The standard InChI is InChI=1S/C20H16ClF4N3O/c21-14-4-5-17-15(9-14)13(10-26-17)6-7-28-11-27-18(29-28)8-12-2-1-3-16(19(12)22)20(23,24)25/h1-5,9-10,26H,6-8,11H2. The summed E-state index contributed by atoms with van der Waals surface area (Å²) in [6, 6.07) is 8.78. The molecule has 1 aliphatic heterocycles. The molecule has 1 aromatic heterocycles. The molecule has 0 radical (unpaired) electrons. The Balaban J connectivity index is 1.38. The number of alkyl halides is 3. The first-order valence-electron chi connectivity index (χ1n) is 8.87. The van der Waals surface area contributed by atoms with Crippen molar-refractivity contribution in [3.05, 3.63) is 70.1 Å². The second-order valence-electron chi connectivity index (χ2n) is 6.70. The molecular weight excluding hydrogens is 410 g/mol. The average Bonchev–Trinajstić information content (AvgIpc) is 3.27. The summed E-state index contributed by atoms with van der Waals surface area (Å²) in [7, 11) is 0. The third-order valence-corrected chi connectivity index (χ3v) is 4.96. The highest BCUT2D eigenvalue weighted by Crippen LogP contribution is 2.32. The highest BCUT2D eigenvalue weighted by Gasteiger charge is 2.35. The molecule has 4 nitrogen and oxygen atoms in total. The molecule has 0 saturated heterocycles. The lowest BCUT2D eigenvalue weighted by atomic mass is 10.1. The normalized spacial score (nSPS) is 15.0. The van der Waals surface area contributed by atoms with Gasteiger partial charge in [-0.25, -0.2) is 9.38 Å². The monoisotopic (exact) mass is 425 g/mol. The molecule has 4 rings (SSSR count). The number of rotatable bonds is 5. The number of aromatic nitrogens is 1. The van der Waals surface area contributed by atoms with Crippen molar-refractivity contribution in [2.45, 2.75) is 19.0 Å². The third kappa shape index (κ3) is 4.23. The molecule has 1 aliphatic rings. The number of aromatic amines is 1. The Kier molecular flexibility index (Phi) is 5.23. The van der Waals surface area contributed by atoms with Gasteiger partial charge in [0.2, 0.25) is 5.90 Å². The number of nitrogens with zero attached hydrogens (tertiary/aromatic N) is 2. The van der Waals surface area contributed by atoms with E-state index in [1.54, 1.807) is 11.1 Å². The summed E-state index contributed by atoms with van der Waals surface area (Å²) in [5, 5.41) is 3.25. The molecule has 0 saturated carbocycles. The maximum absolute atomic E-state index is 14.2. The summed E-state index contributed by atoms with van der Waals surface area (Å²) in [5.74, 6) is -1.11. The van der Waals surface area contributed by atoms with Crippen LogP contribution in [0.2, 0.25) is 5.02 Å². The zero-order valence-corrected chi connectivity index (χ0v) is 15.8. The van der Waals surface area contributed by atoms with E-state index in [4.69, 9.17) is 16.4 Å². The van der Waals surface area contributed by atoms with Crippen molar-refractivity contribution >= 4 is 28.4 Å². The first-order chi connectivity index (χ1) is 13.8. The van der Waals surface area contributed by atoms with Crippen LogP contribution >= 0.6 is 11.6 Å². The largest absolute Gasteiger partial charge is 0.419 e. The Morgan fingerprint density at radius 3 is 2.79 bits per heavy atom. The summed E-state index contributed by atoms with van der Waals surface area (Å²) in [5.41, 5.74) is 0.641. The summed E-state index contributed by atoms with van der Waals surface area (Å²) in [6.45, 7) is 0.747. The van der Waals surface area contributed by atoms with Crippen LogP contribution in [0.3, 0.4) is 0 Å². The zero-order chi connectivity index (χ0) is 20.6. The fourth-order valence-electron chi connectivity index (χ4n) is 3.27. The molecule has 0 bridgehead atoms. The predicted octanol–water partition coefficient (Wildman–Crippen LogP) is 5.37. The maximum atomic E-state index is 14.2. The lowest BCUT2D eigenvalue weighted by molar-refractivity contribution is -0.140. The van der Waals surface area contributed by atoms with Crippen molar-refractivity contribution in [1.29, 1.82) is 0 Å². The van der Waals surface area contributed by atoms with Crippen LogP contribution in [0.25, 0.3) is 10.9 Å². The van der Waals surface area contributed by atoms with Crippen LogP contribution in [0.4, 0.5) is 17.6 Å². The highest BCUT2D eigenvalue weighted by atomic mass is 35.5. The maximum Gasteiger partial charge on any atom is 0.419 e. The van der Waals surface area contributed by atoms with Gasteiger partial charge in [0.05, 0.1) is 12.0 Å². The Morgan fingerprint density at radius 2 is 2.00 bits per heavy atom. The molecule has 2 heterocycles. The van der Waals surface area contributed by atoms with Crippen molar-refractivity contribution in [3.8, 4) is 0 Å². The smallest absolute Gasteiger partial charge is 0.388 e. The fraction of sp³-hybridized carbons (Fsp3) is 0.250. The van der Waals surface area contributed by atoms with Crippen LogP contribution in [-0.4, -0.2) is 29.2 Å². The number of H-pyrrole nitrogens is 1. The van der Waals surface area contributed by atoms with Gasteiger partial charge < -0.3 is 9.82 Å². The highest BCUT2D eigenvalue weighted by molar-refractivity contribution is 6.31. The molecule has 2 aromatic carbocycles. The molecule has 0 atom stereocenters. The quantitative estimate of drug-likeness (QED) is 0.558. The minimum absolute atomic E-state index is 0.105. The van der Waals surface area contributed by atoms with Crippen LogP contribution in [0.15, 0.2) is 47.6 Å². The number of nitrogens with one attached hydrogen (secondary N) is 1. The molecule has 0 fully saturated rings. The molecule has 1 N–H and O–H groups in total. The lowest BCUT2D eigenvalue weighted by Crippen LogP contribution is -2.24. The van der Waals surface area contributed by atoms with E-state index in [0.717, 1.165) is 22.5 Å². The second kappa shape index (κ2) is 7.68. The molecule has 9 heteroatoms. The molecule has 0 spiro atoms. The van der Waals surface area contributed by atoms with Gasteiger partial charge in [0.1, 0.15) is 12.5 Å². The third-order valence-electron chi connectivity index (χ3n) is 4.73. The number of hydroxylamine groups is 2. The number of fused-ring (bicyclic) bond motifs is 1. The van der Waals surface area contributed by atoms with Gasteiger partial charge in [-0.15, -0.1) is 5.06 Å². The van der Waals surface area contributed by atoms with E-state index >= 15 is 0 Å². The average molecular weight is 426 g/mol. The van der Waals surface area contributed by atoms with Gasteiger partial charge in [0.15, 0.2) is 0 Å². The SMILES string of the molecule is Fc1c(CC2=NCN(CCc3c[nH]c4ccc(Cl)cc34)O2)cccc1C(F)(F)F. The number of aliphatic imine (C=N–C) groups is 1. The molecule has 0 amide bonds. The first kappa shape index (κ1) is 19.7. The number of halogens is 5. The Labute approximate surface area is 168 Å². The predicted molar refractivity (Wildman–Crippen MR) is 102 cm³/mol. The van der Waals surface area contributed by atoms with Gasteiger partial charge in [-0.05, 0) is 41.8 Å². The van der Waals surface area contributed by atoms with Gasteiger partial charge in [-0.1, -0.05) is 23.7 Å². The topological polar surface area (TPSA) is 40.6 Å². The van der Waals surface area contributed by atoms with Crippen molar-refractivity contribution < 1.29 is 22.4 Å². The van der Waals surface area contributed by atoms with Crippen molar-refractivity contribution in [1.82, 2.24) is 10.0 Å². The molecule has 0 aliphatic carbocycles. The molecule has 152 valence electrons. The van der Waals surface area contributed by atoms with Gasteiger partial charge in [-0.2, -0.15) is 13.2 Å². The van der Waals surface area contributed by atoms with E-state index in [1.807, 2.05) is 18.3 Å². The number of benzene rings is 2. The van der Waals surface area contributed by atoms with Crippen LogP contribution in [0.1, 0.15) is 16.7 Å². The molecule has 29 heavy (non-hydrogen) atoms. The van der Waals surface area contributed by atoms with Crippen molar-refractivity contribution in [2.75, 3.05) is 13.2 Å². The van der Waals surface area contributed by atoms with Crippen LogP contribution < -0.4 is 0 Å². The fourth-order valence-corrected chi connectivity index (χ4v) is 3.44. The van der Waals surface area contributed by atoms with Crippen molar-refractivity contribution in [2.24, 2.45) is 4.99 Å². The Morgan fingerprint density at radius 1 is 1.17 bits per heavy atom. The van der Waals surface area contributed by atoms with E-state index in [1.165, 1.54) is 12.1 Å². The van der Waals surface area contributed by atoms with Crippen LogP contribution in [-0.2, 0) is 23.9 Å². The zero-order valence-electron chi connectivity index (χ0n) is 15.1. The van der Waals surface area contributed by atoms with E-state index in [0.29, 0.717) is 18.0 Å². The summed E-state index contributed by atoms with van der Waals surface area (Å²) < 4.78 is 52.7. The Bertz CT molecular complexity index is 1080. The minimum atomic E-state index is -4.74. The molecular formula is C20H16ClF4N3O. The van der Waals surface area contributed by atoms with E-state index < -0.39 is 17.6 Å².